The zero-order valence-electron chi connectivity index (χ0n) is 15.9. The molecular formula is C22H22N4O3. The SMILES string of the molecule is O=C(NCCNC(=O)[C@H]1CC(=O)N(c2ccccc2)C1)c1ccc2cc[nH]c2c1. The fourth-order valence-corrected chi connectivity index (χ4v) is 3.54. The quantitative estimate of drug-likeness (QED) is 0.563. The Bertz CT molecular complexity index is 1040. The number of fused-ring (bicyclic) bond motifs is 1. The largest absolute Gasteiger partial charge is 0.361 e. The first kappa shape index (κ1) is 18.7. The van der Waals surface area contributed by atoms with E-state index in [4.69, 9.17) is 0 Å². The van der Waals surface area contributed by atoms with Gasteiger partial charge in [-0.15, -0.1) is 0 Å². The summed E-state index contributed by atoms with van der Waals surface area (Å²) in [5.74, 6) is -0.793. The van der Waals surface area contributed by atoms with Crippen LogP contribution in [0.1, 0.15) is 16.8 Å². The first-order valence-electron chi connectivity index (χ1n) is 9.60. The van der Waals surface area contributed by atoms with Crippen molar-refractivity contribution in [2.24, 2.45) is 5.92 Å². The number of aromatic nitrogens is 1. The average molecular weight is 390 g/mol. The molecule has 1 saturated heterocycles. The fraction of sp³-hybridized carbons (Fsp3) is 0.227. The van der Waals surface area contributed by atoms with Gasteiger partial charge in [-0.05, 0) is 35.7 Å². The van der Waals surface area contributed by atoms with Crippen LogP contribution in [0.15, 0.2) is 60.8 Å². The molecule has 4 rings (SSSR count). The summed E-state index contributed by atoms with van der Waals surface area (Å²) < 4.78 is 0. The molecule has 2 heterocycles. The molecule has 0 saturated carbocycles. The van der Waals surface area contributed by atoms with E-state index in [1.807, 2.05) is 48.7 Å². The van der Waals surface area contributed by atoms with Crippen molar-refractivity contribution in [1.82, 2.24) is 15.6 Å². The van der Waals surface area contributed by atoms with Gasteiger partial charge in [0.1, 0.15) is 0 Å². The molecule has 0 spiro atoms. The van der Waals surface area contributed by atoms with Gasteiger partial charge in [-0.2, -0.15) is 0 Å². The molecule has 7 nitrogen and oxygen atoms in total. The lowest BCUT2D eigenvalue weighted by atomic mass is 10.1. The molecule has 148 valence electrons. The van der Waals surface area contributed by atoms with Crippen LogP contribution in [0.4, 0.5) is 5.69 Å². The second kappa shape index (κ2) is 8.18. The highest BCUT2D eigenvalue weighted by Crippen LogP contribution is 2.24. The van der Waals surface area contributed by atoms with Crippen molar-refractivity contribution >= 4 is 34.3 Å². The molecule has 1 fully saturated rings. The van der Waals surface area contributed by atoms with Gasteiger partial charge in [-0.3, -0.25) is 14.4 Å². The number of amides is 3. The molecule has 0 unspecified atom stereocenters. The van der Waals surface area contributed by atoms with E-state index < -0.39 is 0 Å². The summed E-state index contributed by atoms with van der Waals surface area (Å²) in [5.41, 5.74) is 2.27. The van der Waals surface area contributed by atoms with Crippen molar-refractivity contribution in [2.45, 2.75) is 6.42 Å². The fourth-order valence-electron chi connectivity index (χ4n) is 3.54. The zero-order chi connectivity index (χ0) is 20.2. The van der Waals surface area contributed by atoms with Gasteiger partial charge >= 0.3 is 0 Å². The number of rotatable bonds is 6. The van der Waals surface area contributed by atoms with Crippen LogP contribution in [0, 0.1) is 5.92 Å². The second-order valence-corrected chi connectivity index (χ2v) is 7.07. The number of hydrogen-bond acceptors (Lipinski definition) is 3. The first-order valence-corrected chi connectivity index (χ1v) is 9.60. The summed E-state index contributed by atoms with van der Waals surface area (Å²) in [6.07, 6.45) is 2.03. The summed E-state index contributed by atoms with van der Waals surface area (Å²) in [6.45, 7) is 0.999. The van der Waals surface area contributed by atoms with Gasteiger partial charge in [0.05, 0.1) is 5.92 Å². The van der Waals surface area contributed by atoms with Gasteiger partial charge in [0.2, 0.25) is 11.8 Å². The molecule has 29 heavy (non-hydrogen) atoms. The van der Waals surface area contributed by atoms with Crippen LogP contribution < -0.4 is 15.5 Å². The normalized spacial score (nSPS) is 16.2. The third-order valence-electron chi connectivity index (χ3n) is 5.09. The van der Waals surface area contributed by atoms with Crippen LogP contribution in [0.25, 0.3) is 10.9 Å². The smallest absolute Gasteiger partial charge is 0.251 e. The highest BCUT2D eigenvalue weighted by molar-refractivity contribution is 6.00. The molecule has 0 aliphatic carbocycles. The Morgan fingerprint density at radius 3 is 2.66 bits per heavy atom. The molecule has 2 aromatic carbocycles. The number of carbonyl (C=O) groups is 3. The van der Waals surface area contributed by atoms with Crippen molar-refractivity contribution in [2.75, 3.05) is 24.5 Å². The van der Waals surface area contributed by atoms with Crippen LogP contribution in [-0.4, -0.2) is 42.3 Å². The number of anilines is 1. The summed E-state index contributed by atoms with van der Waals surface area (Å²) in [6, 6.07) is 16.7. The Morgan fingerprint density at radius 1 is 1.03 bits per heavy atom. The molecule has 0 radical (unpaired) electrons. The van der Waals surface area contributed by atoms with E-state index >= 15 is 0 Å². The van der Waals surface area contributed by atoms with E-state index in [0.29, 0.717) is 25.2 Å². The van der Waals surface area contributed by atoms with Crippen LogP contribution in [0.3, 0.4) is 0 Å². The molecule has 1 aliphatic rings. The lowest BCUT2D eigenvalue weighted by molar-refractivity contribution is -0.126. The van der Waals surface area contributed by atoms with E-state index in [0.717, 1.165) is 16.6 Å². The van der Waals surface area contributed by atoms with Gasteiger partial charge < -0.3 is 20.5 Å². The third kappa shape index (κ3) is 4.13. The maximum atomic E-state index is 12.4. The van der Waals surface area contributed by atoms with Gasteiger partial charge in [0.15, 0.2) is 0 Å². The summed E-state index contributed by atoms with van der Waals surface area (Å²) in [5, 5.41) is 6.66. The van der Waals surface area contributed by atoms with Crippen LogP contribution in [-0.2, 0) is 9.59 Å². The van der Waals surface area contributed by atoms with E-state index in [2.05, 4.69) is 15.6 Å². The van der Waals surface area contributed by atoms with Crippen molar-refractivity contribution in [3.8, 4) is 0 Å². The number of carbonyl (C=O) groups excluding carboxylic acids is 3. The number of para-hydroxylation sites is 1. The summed E-state index contributed by atoms with van der Waals surface area (Å²) in [7, 11) is 0. The molecule has 1 aliphatic heterocycles. The standard InChI is InChI=1S/C22H22N4O3/c27-20-13-17(14-26(20)18-4-2-1-3-5-18)22(29)25-11-10-24-21(28)16-7-6-15-8-9-23-19(15)12-16/h1-9,12,17,23H,10-11,13-14H2,(H,24,28)(H,25,29)/t17-/m0/s1. The maximum absolute atomic E-state index is 12.4. The Morgan fingerprint density at radius 2 is 1.83 bits per heavy atom. The predicted molar refractivity (Wildman–Crippen MR) is 111 cm³/mol. The lowest BCUT2D eigenvalue weighted by Gasteiger charge is -2.16. The lowest BCUT2D eigenvalue weighted by Crippen LogP contribution is -2.38. The minimum Gasteiger partial charge on any atom is -0.361 e. The highest BCUT2D eigenvalue weighted by Gasteiger charge is 2.34. The van der Waals surface area contributed by atoms with E-state index in [9.17, 15) is 14.4 Å². The minimum absolute atomic E-state index is 0.0515. The van der Waals surface area contributed by atoms with Crippen LogP contribution >= 0.6 is 0 Å². The molecule has 3 aromatic rings. The second-order valence-electron chi connectivity index (χ2n) is 7.07. The van der Waals surface area contributed by atoms with Gasteiger partial charge in [0.25, 0.3) is 5.91 Å². The third-order valence-corrected chi connectivity index (χ3v) is 5.09. The maximum Gasteiger partial charge on any atom is 0.251 e. The highest BCUT2D eigenvalue weighted by atomic mass is 16.2. The summed E-state index contributed by atoms with van der Waals surface area (Å²) >= 11 is 0. The molecule has 3 N–H and O–H groups in total. The molecular weight excluding hydrogens is 368 g/mol. The number of benzene rings is 2. The number of nitrogens with one attached hydrogen (secondary N) is 3. The minimum atomic E-state index is -0.381. The Labute approximate surface area is 168 Å². The monoisotopic (exact) mass is 390 g/mol. The Balaban J connectivity index is 1.24. The Hall–Kier alpha value is -3.61. The number of nitrogens with zero attached hydrogens (tertiary/aromatic N) is 1. The topological polar surface area (TPSA) is 94.3 Å². The first-order chi connectivity index (χ1) is 14.1. The zero-order valence-corrected chi connectivity index (χ0v) is 15.9. The van der Waals surface area contributed by atoms with Crippen LogP contribution in [0.5, 0.6) is 0 Å². The van der Waals surface area contributed by atoms with Crippen molar-refractivity contribution < 1.29 is 14.4 Å². The van der Waals surface area contributed by atoms with Gasteiger partial charge in [0, 0.05) is 49.0 Å². The Kier molecular flexibility index (Phi) is 5.29. The average Bonchev–Trinajstić information content (AvgIpc) is 3.37. The van der Waals surface area contributed by atoms with E-state index in [1.165, 1.54) is 0 Å². The number of hydrogen-bond donors (Lipinski definition) is 3. The van der Waals surface area contributed by atoms with Crippen molar-refractivity contribution in [3.63, 3.8) is 0 Å². The van der Waals surface area contributed by atoms with E-state index in [1.54, 1.807) is 17.0 Å². The van der Waals surface area contributed by atoms with Crippen molar-refractivity contribution in [3.05, 3.63) is 66.4 Å². The van der Waals surface area contributed by atoms with Crippen LogP contribution in [0.2, 0.25) is 0 Å². The molecule has 0 bridgehead atoms. The number of H-pyrrole nitrogens is 1. The summed E-state index contributed by atoms with van der Waals surface area (Å²) in [4.78, 5) is 41.6. The molecule has 7 heteroatoms. The number of aromatic amines is 1. The van der Waals surface area contributed by atoms with Crippen molar-refractivity contribution in [1.29, 1.82) is 0 Å². The molecule has 1 atom stereocenters. The van der Waals surface area contributed by atoms with E-state index in [-0.39, 0.29) is 30.1 Å². The molecule has 3 amide bonds. The van der Waals surface area contributed by atoms with Gasteiger partial charge in [-0.25, -0.2) is 0 Å². The molecule has 1 aromatic heterocycles. The van der Waals surface area contributed by atoms with Gasteiger partial charge in [-0.1, -0.05) is 24.3 Å². The predicted octanol–water partition coefficient (Wildman–Crippen LogP) is 2.07.